The molecule has 1 unspecified atom stereocenters. The van der Waals surface area contributed by atoms with E-state index in [-0.39, 0.29) is 11.8 Å². The van der Waals surface area contributed by atoms with Gasteiger partial charge in [0.25, 0.3) is 0 Å². The Morgan fingerprint density at radius 1 is 1.43 bits per heavy atom. The largest absolute Gasteiger partial charge is 0.497 e. The third-order valence-electron chi connectivity index (χ3n) is 4.00. The van der Waals surface area contributed by atoms with Crippen LogP contribution in [0.4, 0.5) is 5.69 Å². The molecule has 1 fully saturated rings. The molecule has 1 aliphatic heterocycles. The van der Waals surface area contributed by atoms with Crippen LogP contribution in [0.3, 0.4) is 0 Å². The van der Waals surface area contributed by atoms with E-state index in [2.05, 4.69) is 5.32 Å². The number of carbonyl (C=O) groups is 2. The number of amides is 2. The van der Waals surface area contributed by atoms with Crippen molar-refractivity contribution in [3.8, 4) is 5.75 Å². The summed E-state index contributed by atoms with van der Waals surface area (Å²) in [5, 5.41) is 2.87. The lowest BCUT2D eigenvalue weighted by atomic mass is 9.85. The van der Waals surface area contributed by atoms with E-state index in [9.17, 15) is 9.59 Å². The molecule has 1 saturated heterocycles. The average molecular weight is 290 g/mol. The first-order valence-corrected chi connectivity index (χ1v) is 7.27. The Morgan fingerprint density at radius 3 is 2.76 bits per heavy atom. The Bertz CT molecular complexity index is 544. The van der Waals surface area contributed by atoms with Crippen LogP contribution < -0.4 is 10.1 Å². The third-order valence-corrected chi connectivity index (χ3v) is 4.00. The molecule has 1 aromatic rings. The van der Waals surface area contributed by atoms with Crippen molar-refractivity contribution >= 4 is 17.5 Å². The molecular weight excluding hydrogens is 268 g/mol. The Morgan fingerprint density at radius 2 is 2.19 bits per heavy atom. The van der Waals surface area contributed by atoms with Crippen molar-refractivity contribution in [2.45, 2.75) is 38.6 Å². The van der Waals surface area contributed by atoms with Gasteiger partial charge in [-0.15, -0.1) is 0 Å². The highest BCUT2D eigenvalue weighted by molar-refractivity contribution is 6.01. The van der Waals surface area contributed by atoms with Crippen molar-refractivity contribution < 1.29 is 14.3 Å². The molecule has 0 bridgehead atoms. The van der Waals surface area contributed by atoms with Gasteiger partial charge in [0, 0.05) is 24.7 Å². The fraction of sp³-hybridized carbons (Fsp3) is 0.500. The summed E-state index contributed by atoms with van der Waals surface area (Å²) in [6.45, 7) is 4.44. The maximum atomic E-state index is 12.5. The molecule has 114 valence electrons. The summed E-state index contributed by atoms with van der Waals surface area (Å²) >= 11 is 0. The maximum Gasteiger partial charge on any atom is 0.250 e. The maximum absolute atomic E-state index is 12.5. The molecule has 1 aliphatic rings. The second-order valence-electron chi connectivity index (χ2n) is 5.51. The van der Waals surface area contributed by atoms with E-state index in [1.54, 1.807) is 24.1 Å². The van der Waals surface area contributed by atoms with Crippen LogP contribution in [0.2, 0.25) is 0 Å². The zero-order valence-electron chi connectivity index (χ0n) is 12.8. The Labute approximate surface area is 125 Å². The molecule has 5 heteroatoms. The first kappa shape index (κ1) is 15.4. The molecule has 0 aromatic heterocycles. The Balaban J connectivity index is 2.07. The van der Waals surface area contributed by atoms with Gasteiger partial charge in [-0.1, -0.05) is 13.0 Å². The van der Waals surface area contributed by atoms with Crippen molar-refractivity contribution in [2.24, 2.45) is 0 Å². The molecule has 0 saturated carbocycles. The van der Waals surface area contributed by atoms with E-state index in [4.69, 9.17) is 4.74 Å². The van der Waals surface area contributed by atoms with Crippen molar-refractivity contribution in [1.82, 2.24) is 4.90 Å². The number of ether oxygens (including phenoxy) is 1. The number of nitrogens with one attached hydrogen (secondary N) is 1. The second kappa shape index (κ2) is 6.16. The molecule has 1 N–H and O–H groups in total. The summed E-state index contributed by atoms with van der Waals surface area (Å²) in [4.78, 5) is 26.2. The minimum atomic E-state index is -0.741. The first-order valence-electron chi connectivity index (χ1n) is 7.27. The van der Waals surface area contributed by atoms with E-state index in [0.717, 1.165) is 6.42 Å². The monoisotopic (exact) mass is 290 g/mol. The fourth-order valence-corrected chi connectivity index (χ4v) is 2.51. The van der Waals surface area contributed by atoms with Crippen molar-refractivity contribution in [3.05, 3.63) is 24.3 Å². The topological polar surface area (TPSA) is 58.6 Å². The zero-order chi connectivity index (χ0) is 15.5. The lowest BCUT2D eigenvalue weighted by Crippen LogP contribution is -2.66. The summed E-state index contributed by atoms with van der Waals surface area (Å²) < 4.78 is 5.14. The molecule has 2 amide bonds. The first-order chi connectivity index (χ1) is 10.0. The number of methoxy groups -OCH3 is 1. The Hall–Kier alpha value is -2.04. The van der Waals surface area contributed by atoms with Gasteiger partial charge in [-0.05, 0) is 31.9 Å². The van der Waals surface area contributed by atoms with E-state index >= 15 is 0 Å². The van der Waals surface area contributed by atoms with Gasteiger partial charge in [0.15, 0.2) is 0 Å². The van der Waals surface area contributed by atoms with Gasteiger partial charge in [0.1, 0.15) is 11.3 Å². The predicted octanol–water partition coefficient (Wildman–Crippen LogP) is 2.42. The highest BCUT2D eigenvalue weighted by Gasteiger charge is 2.48. The molecule has 1 atom stereocenters. The number of nitrogens with zero attached hydrogens (tertiary/aromatic N) is 1. The van der Waals surface area contributed by atoms with E-state index in [1.165, 1.54) is 0 Å². The van der Waals surface area contributed by atoms with Crippen LogP contribution in [0.15, 0.2) is 24.3 Å². The minimum absolute atomic E-state index is 0.0482. The number of hydrogen-bond donors (Lipinski definition) is 1. The standard InChI is InChI=1S/C16H22N2O3/c1-4-6-14(19)18-10-9-16(18,2)15(20)17-12-7-5-8-13(11-12)21-3/h5,7-8,11H,4,6,9-10H2,1-3H3,(H,17,20). The molecule has 21 heavy (non-hydrogen) atoms. The van der Waals surface area contributed by atoms with Crippen LogP contribution in [0, 0.1) is 0 Å². The van der Waals surface area contributed by atoms with Gasteiger partial charge in [0.2, 0.25) is 11.8 Å². The molecule has 1 aromatic carbocycles. The summed E-state index contributed by atoms with van der Waals surface area (Å²) in [5.74, 6) is 0.587. The number of rotatable bonds is 5. The van der Waals surface area contributed by atoms with E-state index in [0.29, 0.717) is 30.8 Å². The molecular formula is C16H22N2O3. The van der Waals surface area contributed by atoms with E-state index < -0.39 is 5.54 Å². The predicted molar refractivity (Wildman–Crippen MR) is 81.3 cm³/mol. The quantitative estimate of drug-likeness (QED) is 0.906. The zero-order valence-corrected chi connectivity index (χ0v) is 12.8. The highest BCUT2D eigenvalue weighted by atomic mass is 16.5. The number of anilines is 1. The molecule has 0 spiro atoms. The lowest BCUT2D eigenvalue weighted by molar-refractivity contribution is -0.154. The molecule has 2 rings (SSSR count). The SMILES string of the molecule is CCCC(=O)N1CCC1(C)C(=O)Nc1cccc(OC)c1. The smallest absolute Gasteiger partial charge is 0.250 e. The molecule has 5 nitrogen and oxygen atoms in total. The van der Waals surface area contributed by atoms with Gasteiger partial charge >= 0.3 is 0 Å². The van der Waals surface area contributed by atoms with Gasteiger partial charge in [0.05, 0.1) is 7.11 Å². The molecule has 0 aliphatic carbocycles. The van der Waals surface area contributed by atoms with Gasteiger partial charge in [-0.2, -0.15) is 0 Å². The van der Waals surface area contributed by atoms with E-state index in [1.807, 2.05) is 26.0 Å². The van der Waals surface area contributed by atoms with Gasteiger partial charge in [-0.25, -0.2) is 0 Å². The normalized spacial score (nSPS) is 20.6. The van der Waals surface area contributed by atoms with Crippen LogP contribution in [0.25, 0.3) is 0 Å². The molecule has 1 heterocycles. The van der Waals surface area contributed by atoms with Gasteiger partial charge in [-0.3, -0.25) is 9.59 Å². The lowest BCUT2D eigenvalue weighted by Gasteiger charge is -2.49. The summed E-state index contributed by atoms with van der Waals surface area (Å²) in [5.41, 5.74) is -0.0645. The van der Waals surface area contributed by atoms with Crippen LogP contribution in [-0.2, 0) is 9.59 Å². The number of hydrogen-bond acceptors (Lipinski definition) is 3. The van der Waals surface area contributed by atoms with Crippen LogP contribution in [-0.4, -0.2) is 35.9 Å². The summed E-state index contributed by atoms with van der Waals surface area (Å²) in [6.07, 6.45) is 1.98. The molecule has 0 radical (unpaired) electrons. The van der Waals surface area contributed by atoms with Crippen LogP contribution in [0.1, 0.15) is 33.1 Å². The van der Waals surface area contributed by atoms with Crippen molar-refractivity contribution in [2.75, 3.05) is 19.0 Å². The number of likely N-dealkylation sites (tertiary alicyclic amines) is 1. The third kappa shape index (κ3) is 3.01. The Kier molecular flexibility index (Phi) is 4.50. The van der Waals surface area contributed by atoms with Crippen LogP contribution in [0.5, 0.6) is 5.75 Å². The van der Waals surface area contributed by atoms with Crippen molar-refractivity contribution in [1.29, 1.82) is 0 Å². The summed E-state index contributed by atoms with van der Waals surface area (Å²) in [6, 6.07) is 7.20. The number of benzene rings is 1. The second-order valence-corrected chi connectivity index (χ2v) is 5.51. The minimum Gasteiger partial charge on any atom is -0.497 e. The summed E-state index contributed by atoms with van der Waals surface area (Å²) in [7, 11) is 1.58. The fourth-order valence-electron chi connectivity index (χ4n) is 2.51. The number of carbonyl (C=O) groups excluding carboxylic acids is 2. The van der Waals surface area contributed by atoms with Crippen LogP contribution >= 0.6 is 0 Å². The average Bonchev–Trinajstić information content (AvgIpc) is 2.45. The van der Waals surface area contributed by atoms with Crippen molar-refractivity contribution in [3.63, 3.8) is 0 Å². The van der Waals surface area contributed by atoms with Gasteiger partial charge < -0.3 is 15.0 Å². The highest BCUT2D eigenvalue weighted by Crippen LogP contribution is 2.32.